The highest BCUT2D eigenvalue weighted by Crippen LogP contribution is 2.39. The average Bonchev–Trinajstić information content (AvgIpc) is 3.32. The van der Waals surface area contributed by atoms with Gasteiger partial charge in [0.05, 0.1) is 34.3 Å². The Kier molecular flexibility index (Phi) is 13.0. The summed E-state index contributed by atoms with van der Waals surface area (Å²) in [5.41, 5.74) is 9.41. The summed E-state index contributed by atoms with van der Waals surface area (Å²) in [6.45, 7) is 15.3. The summed E-state index contributed by atoms with van der Waals surface area (Å²) in [6, 6.07) is 17.5. The van der Waals surface area contributed by atoms with Crippen molar-refractivity contribution in [1.82, 2.24) is 10.6 Å². The molecule has 47 heavy (non-hydrogen) atoms. The van der Waals surface area contributed by atoms with E-state index >= 15 is 0 Å². The first-order valence-corrected chi connectivity index (χ1v) is 15.2. The Morgan fingerprint density at radius 3 is 1.06 bits per heavy atom. The highest BCUT2D eigenvalue weighted by Gasteiger charge is 2.55. The van der Waals surface area contributed by atoms with Gasteiger partial charge in [0.2, 0.25) is 11.8 Å². The fourth-order valence-electron chi connectivity index (χ4n) is 4.65. The highest BCUT2D eigenvalue weighted by atomic mass is 16.7. The number of nitrogens with one attached hydrogen (secondary N) is 2. The zero-order valence-corrected chi connectivity index (χ0v) is 27.9. The summed E-state index contributed by atoms with van der Waals surface area (Å²) < 4.78 is 23.7. The van der Waals surface area contributed by atoms with Crippen LogP contribution in [0.4, 0.5) is 0 Å². The Labute approximate surface area is 279 Å². The van der Waals surface area contributed by atoms with Crippen LogP contribution in [-0.2, 0) is 28.2 Å². The Balaban J connectivity index is 0.000000320. The molecule has 0 aliphatic carbocycles. The molecule has 2 aromatic rings. The van der Waals surface area contributed by atoms with E-state index in [9.17, 15) is 19.2 Å². The van der Waals surface area contributed by atoms with Crippen LogP contribution in [0.25, 0.3) is 0 Å². The van der Waals surface area contributed by atoms with Crippen LogP contribution in [-0.4, -0.2) is 72.2 Å². The van der Waals surface area contributed by atoms with Crippen molar-refractivity contribution in [2.24, 2.45) is 11.5 Å². The molecule has 2 heterocycles. The van der Waals surface area contributed by atoms with Crippen LogP contribution in [0.5, 0.6) is 0 Å². The van der Waals surface area contributed by atoms with Gasteiger partial charge in [0.25, 0.3) is 11.8 Å². The molecule has 0 bridgehead atoms. The van der Waals surface area contributed by atoms with Gasteiger partial charge in [0.15, 0.2) is 0 Å². The number of amides is 4. The van der Waals surface area contributed by atoms with E-state index in [1.165, 1.54) is 0 Å². The first-order valence-electron chi connectivity index (χ1n) is 15.2. The van der Waals surface area contributed by atoms with E-state index in [4.69, 9.17) is 30.1 Å². The lowest BCUT2D eigenvalue weighted by Crippen LogP contribution is -2.50. The smallest absolute Gasteiger partial charge is 0.402 e. The van der Waals surface area contributed by atoms with Gasteiger partial charge < -0.3 is 40.7 Å². The average molecular weight is 652 g/mol. The van der Waals surface area contributed by atoms with Crippen molar-refractivity contribution in [3.8, 4) is 0 Å². The summed E-state index contributed by atoms with van der Waals surface area (Å²) in [4.78, 5) is 47.4. The summed E-state index contributed by atoms with van der Waals surface area (Å²) in [5, 5.41) is 5.58. The van der Waals surface area contributed by atoms with Gasteiger partial charge >= 0.3 is 14.2 Å². The van der Waals surface area contributed by atoms with Crippen LogP contribution >= 0.6 is 0 Å². The van der Waals surface area contributed by atoms with E-state index < -0.39 is 60.3 Å². The van der Waals surface area contributed by atoms with Crippen molar-refractivity contribution in [3.05, 3.63) is 71.8 Å². The van der Waals surface area contributed by atoms with Crippen LogP contribution in [0.3, 0.4) is 0 Å². The lowest BCUT2D eigenvalue weighted by Gasteiger charge is -2.32. The van der Waals surface area contributed by atoms with Gasteiger partial charge in [-0.1, -0.05) is 43.8 Å². The van der Waals surface area contributed by atoms with E-state index in [0.717, 1.165) is 0 Å². The first-order chi connectivity index (χ1) is 21.2. The normalized spacial score (nSPS) is 19.7. The minimum Gasteiger partial charge on any atom is -0.402 e. The predicted octanol–water partition coefficient (Wildman–Crippen LogP) is 3.22. The molecule has 4 amide bonds. The number of benzene rings is 2. The number of nitrogens with two attached hydrogens (primary N) is 2. The molecule has 2 atom stereocenters. The van der Waals surface area contributed by atoms with Gasteiger partial charge in [-0.15, -0.1) is 0 Å². The van der Waals surface area contributed by atoms with Crippen LogP contribution in [0, 0.1) is 0 Å². The second-order valence-electron chi connectivity index (χ2n) is 13.5. The fraction of sp³-hybridized carbons (Fsp3) is 0.515. The molecule has 0 saturated carbocycles. The monoisotopic (exact) mass is 652 g/mol. The molecule has 0 radical (unpaired) electrons. The van der Waals surface area contributed by atoms with Gasteiger partial charge in [-0.25, -0.2) is 0 Å². The maximum absolute atomic E-state index is 12.3. The summed E-state index contributed by atoms with van der Waals surface area (Å²) in [5.74, 6) is -2.96. The largest absolute Gasteiger partial charge is 0.482 e. The Morgan fingerprint density at radius 2 is 0.830 bits per heavy atom. The third kappa shape index (κ3) is 10.1. The van der Waals surface area contributed by atoms with Crippen LogP contribution in [0.15, 0.2) is 60.7 Å². The molecule has 12 nitrogen and oxygen atoms in total. The predicted molar refractivity (Wildman–Crippen MR) is 182 cm³/mol. The minimum atomic E-state index is -0.736. The molecule has 14 heteroatoms. The molecule has 2 fully saturated rings. The third-order valence-electron chi connectivity index (χ3n) is 8.75. The first kappa shape index (κ1) is 39.5. The van der Waals surface area contributed by atoms with Crippen molar-refractivity contribution >= 4 is 37.9 Å². The Hall–Kier alpha value is -3.71. The molecule has 2 saturated heterocycles. The molecule has 2 aliphatic heterocycles. The van der Waals surface area contributed by atoms with Crippen molar-refractivity contribution in [2.45, 2.75) is 110 Å². The van der Waals surface area contributed by atoms with Gasteiger partial charge in [-0.3, -0.25) is 19.2 Å². The molecule has 4 rings (SSSR count). The topological polar surface area (TPSA) is 181 Å². The molecule has 0 aromatic heterocycles. The Morgan fingerprint density at radius 1 is 0.574 bits per heavy atom. The van der Waals surface area contributed by atoms with Gasteiger partial charge in [0.1, 0.15) is 0 Å². The molecule has 2 aliphatic rings. The maximum atomic E-state index is 12.3. The second kappa shape index (κ2) is 15.5. The zero-order valence-electron chi connectivity index (χ0n) is 27.9. The number of rotatable bonds is 10. The molecule has 6 N–H and O–H groups in total. The quantitative estimate of drug-likeness (QED) is 0.282. The molecule has 256 valence electrons. The van der Waals surface area contributed by atoms with Gasteiger partial charge in [0, 0.05) is 24.0 Å². The molecular weight excluding hydrogens is 602 g/mol. The molecule has 0 unspecified atom stereocenters. The van der Waals surface area contributed by atoms with E-state index in [0.29, 0.717) is 11.1 Å². The van der Waals surface area contributed by atoms with Gasteiger partial charge in [-0.05, 0) is 79.7 Å². The van der Waals surface area contributed by atoms with E-state index in [1.54, 1.807) is 48.5 Å². The Bertz CT molecular complexity index is 1250. The van der Waals surface area contributed by atoms with Crippen molar-refractivity contribution in [1.29, 1.82) is 0 Å². The van der Waals surface area contributed by atoms with Crippen LogP contribution in [0.2, 0.25) is 0 Å². The standard InChI is InChI=1S/2C16H23BN2O4.CH4/c2*1-15(2)16(3,4)23-17(22-15)12(10-13(18)20)19-14(21)11-8-6-5-7-9-11;/h2*5-9,12H,10H2,1-4H3,(H2,18,20)(H,19,21);1H4/t2*12-;/m10./s1. The van der Waals surface area contributed by atoms with Crippen LogP contribution < -0.4 is 22.1 Å². The number of carbonyl (C=O) groups is 4. The number of hydrogen-bond acceptors (Lipinski definition) is 8. The number of hydrogen-bond donors (Lipinski definition) is 4. The fourth-order valence-corrected chi connectivity index (χ4v) is 4.65. The second-order valence-corrected chi connectivity index (χ2v) is 13.5. The summed E-state index contributed by atoms with van der Waals surface area (Å²) in [7, 11) is -1.47. The molecular formula is C33H50B2N4O8. The van der Waals surface area contributed by atoms with Crippen LogP contribution in [0.1, 0.15) is 96.4 Å². The summed E-state index contributed by atoms with van der Waals surface area (Å²) in [6.07, 6.45) is -0.120. The zero-order chi connectivity index (χ0) is 34.5. The molecule has 0 spiro atoms. The van der Waals surface area contributed by atoms with E-state index in [1.807, 2.05) is 67.5 Å². The van der Waals surface area contributed by atoms with E-state index in [-0.39, 0.29) is 32.1 Å². The van der Waals surface area contributed by atoms with E-state index in [2.05, 4.69) is 10.6 Å². The molecule has 2 aromatic carbocycles. The van der Waals surface area contributed by atoms with Crippen molar-refractivity contribution in [2.75, 3.05) is 0 Å². The third-order valence-corrected chi connectivity index (χ3v) is 8.75. The lowest BCUT2D eigenvalue weighted by molar-refractivity contribution is -0.119. The maximum Gasteiger partial charge on any atom is 0.482 e. The van der Waals surface area contributed by atoms with Crippen molar-refractivity contribution < 1.29 is 37.8 Å². The van der Waals surface area contributed by atoms with Gasteiger partial charge in [-0.2, -0.15) is 0 Å². The number of carbonyl (C=O) groups excluding carboxylic acids is 4. The minimum absolute atomic E-state index is 0. The summed E-state index contributed by atoms with van der Waals surface area (Å²) >= 11 is 0. The SMILES string of the molecule is C.CC1(C)OB([C@@H](CC(N)=O)NC(=O)c2ccccc2)OC1(C)C.CC1(C)OB([C@H](CC(N)=O)NC(=O)c2ccccc2)OC1(C)C. The van der Waals surface area contributed by atoms with Crippen molar-refractivity contribution in [3.63, 3.8) is 0 Å². The highest BCUT2D eigenvalue weighted by molar-refractivity contribution is 6.49. The lowest BCUT2D eigenvalue weighted by atomic mass is 9.76. The number of primary amides is 2.